The highest BCUT2D eigenvalue weighted by molar-refractivity contribution is 5.96. The zero-order valence-electron chi connectivity index (χ0n) is 8.33. The molecule has 0 aliphatic carbocycles. The Kier molecular flexibility index (Phi) is 2.57. The van der Waals surface area contributed by atoms with E-state index in [2.05, 4.69) is 4.98 Å². The first-order valence-electron chi connectivity index (χ1n) is 4.75. The summed E-state index contributed by atoms with van der Waals surface area (Å²) in [7, 11) is 0. The van der Waals surface area contributed by atoms with Gasteiger partial charge in [-0.1, -0.05) is 0 Å². The zero-order chi connectivity index (χ0) is 11.7. The summed E-state index contributed by atoms with van der Waals surface area (Å²) in [5.74, 6) is -1.29. The van der Waals surface area contributed by atoms with Crippen molar-refractivity contribution in [2.24, 2.45) is 0 Å². The van der Waals surface area contributed by atoms with E-state index in [1.54, 1.807) is 0 Å². The van der Waals surface area contributed by atoms with Crippen LogP contribution in [0.25, 0.3) is 0 Å². The van der Waals surface area contributed by atoms with Crippen LogP contribution in [-0.2, 0) is 4.79 Å². The molecule has 1 aromatic heterocycles. The van der Waals surface area contributed by atoms with Crippen molar-refractivity contribution in [3.63, 3.8) is 0 Å². The van der Waals surface area contributed by atoms with Crippen LogP contribution in [0.4, 0.5) is 5.69 Å². The number of anilines is 1. The number of hydrogen-bond donors (Lipinski definition) is 2. The van der Waals surface area contributed by atoms with Gasteiger partial charge in [-0.25, -0.2) is 9.78 Å². The summed E-state index contributed by atoms with van der Waals surface area (Å²) in [4.78, 5) is 27.1. The lowest BCUT2D eigenvalue weighted by Crippen LogP contribution is -2.25. The Balaban J connectivity index is 2.22. The number of aliphatic hydroxyl groups is 1. The van der Waals surface area contributed by atoms with Crippen LogP contribution >= 0.6 is 0 Å². The van der Waals surface area contributed by atoms with Gasteiger partial charge in [0.05, 0.1) is 31.0 Å². The van der Waals surface area contributed by atoms with E-state index in [9.17, 15) is 14.7 Å². The highest BCUT2D eigenvalue weighted by Crippen LogP contribution is 2.20. The van der Waals surface area contributed by atoms with E-state index < -0.39 is 12.1 Å². The number of carbonyl (C=O) groups excluding carboxylic acids is 1. The van der Waals surface area contributed by atoms with Crippen LogP contribution in [0.3, 0.4) is 0 Å². The van der Waals surface area contributed by atoms with Gasteiger partial charge in [-0.05, 0) is 12.1 Å². The first kappa shape index (κ1) is 10.6. The molecule has 1 aliphatic rings. The number of pyridine rings is 1. The number of aromatic nitrogens is 1. The number of amides is 1. The van der Waals surface area contributed by atoms with Crippen molar-refractivity contribution in [3.8, 4) is 0 Å². The summed E-state index contributed by atoms with van der Waals surface area (Å²) in [6.07, 6.45) is 0.756. The summed E-state index contributed by atoms with van der Waals surface area (Å²) in [6.45, 7) is 0.229. The first-order valence-corrected chi connectivity index (χ1v) is 4.75. The average Bonchev–Trinajstić information content (AvgIpc) is 2.58. The third-order valence-electron chi connectivity index (χ3n) is 2.38. The third kappa shape index (κ3) is 1.87. The fraction of sp³-hybridized carbons (Fsp3) is 0.300. The standard InChI is InChI=1S/C10H10N2O4/c13-7-3-9(14)12(5-7)6-1-2-8(10(15)16)11-4-6/h1-2,4,7,13H,3,5H2,(H,15,16). The van der Waals surface area contributed by atoms with Gasteiger partial charge in [0, 0.05) is 0 Å². The minimum atomic E-state index is -1.11. The molecule has 2 rings (SSSR count). The van der Waals surface area contributed by atoms with E-state index in [1.165, 1.54) is 23.2 Å². The molecular formula is C10H10N2O4. The molecule has 0 aromatic carbocycles. The maximum absolute atomic E-state index is 11.4. The van der Waals surface area contributed by atoms with Crippen molar-refractivity contribution in [1.82, 2.24) is 4.98 Å². The van der Waals surface area contributed by atoms with Gasteiger partial charge in [-0.3, -0.25) is 4.79 Å². The Morgan fingerprint density at radius 1 is 1.50 bits per heavy atom. The maximum Gasteiger partial charge on any atom is 0.354 e. The minimum Gasteiger partial charge on any atom is -0.477 e. The second-order valence-corrected chi connectivity index (χ2v) is 3.57. The van der Waals surface area contributed by atoms with Crippen molar-refractivity contribution in [1.29, 1.82) is 0 Å². The fourth-order valence-corrected chi connectivity index (χ4v) is 1.61. The lowest BCUT2D eigenvalue weighted by atomic mass is 10.3. The SMILES string of the molecule is O=C(O)c1ccc(N2CC(O)CC2=O)cn1. The lowest BCUT2D eigenvalue weighted by Gasteiger charge is -2.14. The number of nitrogens with zero attached hydrogens (tertiary/aromatic N) is 2. The summed E-state index contributed by atoms with van der Waals surface area (Å²) in [6, 6.07) is 2.84. The van der Waals surface area contributed by atoms with Gasteiger partial charge in [0.15, 0.2) is 0 Å². The molecule has 1 atom stereocenters. The number of rotatable bonds is 2. The largest absolute Gasteiger partial charge is 0.477 e. The normalized spacial score (nSPS) is 20.2. The molecule has 6 nitrogen and oxygen atoms in total. The Morgan fingerprint density at radius 3 is 2.69 bits per heavy atom. The van der Waals surface area contributed by atoms with Crippen LogP contribution in [-0.4, -0.2) is 39.7 Å². The van der Waals surface area contributed by atoms with Crippen molar-refractivity contribution in [2.45, 2.75) is 12.5 Å². The predicted molar refractivity (Wildman–Crippen MR) is 54.2 cm³/mol. The van der Waals surface area contributed by atoms with Crippen LogP contribution in [0.15, 0.2) is 18.3 Å². The summed E-state index contributed by atoms with van der Waals surface area (Å²) in [5, 5.41) is 17.9. The number of carboxylic acids is 1. The highest BCUT2D eigenvalue weighted by atomic mass is 16.4. The molecule has 2 heterocycles. The van der Waals surface area contributed by atoms with E-state index in [1.807, 2.05) is 0 Å². The summed E-state index contributed by atoms with van der Waals surface area (Å²) >= 11 is 0. The third-order valence-corrected chi connectivity index (χ3v) is 2.38. The van der Waals surface area contributed by atoms with Crippen molar-refractivity contribution < 1.29 is 19.8 Å². The minimum absolute atomic E-state index is 0.0732. The molecule has 0 radical (unpaired) electrons. The molecule has 2 N–H and O–H groups in total. The predicted octanol–water partition coefficient (Wildman–Crippen LogP) is -0.123. The smallest absolute Gasteiger partial charge is 0.354 e. The highest BCUT2D eigenvalue weighted by Gasteiger charge is 2.29. The monoisotopic (exact) mass is 222 g/mol. The van der Waals surface area contributed by atoms with E-state index >= 15 is 0 Å². The molecule has 84 valence electrons. The molecule has 0 spiro atoms. The number of aliphatic hydroxyl groups excluding tert-OH is 1. The molecule has 1 fully saturated rings. The van der Waals surface area contributed by atoms with Gasteiger partial charge in [-0.15, -0.1) is 0 Å². The van der Waals surface area contributed by atoms with Gasteiger partial charge >= 0.3 is 5.97 Å². The summed E-state index contributed by atoms with van der Waals surface area (Å²) < 4.78 is 0. The second kappa shape index (κ2) is 3.90. The Hall–Kier alpha value is -1.95. The van der Waals surface area contributed by atoms with Crippen LogP contribution in [0.1, 0.15) is 16.9 Å². The number of β-amino-alcohol motifs (C(OH)–C–C–N with tert-alkyl or cyclic N) is 1. The topological polar surface area (TPSA) is 90.7 Å². The van der Waals surface area contributed by atoms with Crippen LogP contribution in [0.5, 0.6) is 0 Å². The molecule has 1 saturated heterocycles. The zero-order valence-corrected chi connectivity index (χ0v) is 8.33. The quantitative estimate of drug-likeness (QED) is 0.727. The second-order valence-electron chi connectivity index (χ2n) is 3.57. The molecule has 1 aliphatic heterocycles. The lowest BCUT2D eigenvalue weighted by molar-refractivity contribution is -0.117. The molecule has 1 unspecified atom stereocenters. The van der Waals surface area contributed by atoms with Gasteiger partial charge in [-0.2, -0.15) is 0 Å². The fourth-order valence-electron chi connectivity index (χ4n) is 1.61. The average molecular weight is 222 g/mol. The molecule has 1 amide bonds. The number of hydrogen-bond acceptors (Lipinski definition) is 4. The van der Waals surface area contributed by atoms with Gasteiger partial charge in [0.25, 0.3) is 0 Å². The maximum atomic E-state index is 11.4. The van der Waals surface area contributed by atoms with E-state index in [-0.39, 0.29) is 24.6 Å². The molecule has 1 aromatic rings. The van der Waals surface area contributed by atoms with Crippen LogP contribution in [0.2, 0.25) is 0 Å². The number of aromatic carboxylic acids is 1. The molecule has 16 heavy (non-hydrogen) atoms. The Labute approximate surface area is 91.1 Å². The summed E-state index contributed by atoms with van der Waals surface area (Å²) in [5.41, 5.74) is 0.433. The Morgan fingerprint density at radius 2 is 2.25 bits per heavy atom. The van der Waals surface area contributed by atoms with Crippen molar-refractivity contribution >= 4 is 17.6 Å². The van der Waals surface area contributed by atoms with E-state index in [0.29, 0.717) is 5.69 Å². The van der Waals surface area contributed by atoms with Gasteiger partial charge < -0.3 is 15.1 Å². The first-order chi connectivity index (χ1) is 7.58. The molecular weight excluding hydrogens is 212 g/mol. The van der Waals surface area contributed by atoms with E-state index in [0.717, 1.165) is 0 Å². The van der Waals surface area contributed by atoms with Crippen molar-refractivity contribution in [2.75, 3.05) is 11.4 Å². The number of carbonyl (C=O) groups is 2. The van der Waals surface area contributed by atoms with Gasteiger partial charge in [0.1, 0.15) is 5.69 Å². The molecule has 0 bridgehead atoms. The molecule has 6 heteroatoms. The van der Waals surface area contributed by atoms with Crippen LogP contribution < -0.4 is 4.90 Å². The van der Waals surface area contributed by atoms with Crippen LogP contribution in [0, 0.1) is 0 Å². The Bertz CT molecular complexity index is 429. The van der Waals surface area contributed by atoms with Gasteiger partial charge in [0.2, 0.25) is 5.91 Å². The molecule has 0 saturated carbocycles. The van der Waals surface area contributed by atoms with E-state index in [4.69, 9.17) is 5.11 Å². The van der Waals surface area contributed by atoms with Crippen molar-refractivity contribution in [3.05, 3.63) is 24.0 Å². The number of carboxylic acid groups (broad SMARTS) is 1.